The Bertz CT molecular complexity index is 1550. The van der Waals surface area contributed by atoms with Gasteiger partial charge in [-0.1, -0.05) is 36.4 Å². The van der Waals surface area contributed by atoms with Gasteiger partial charge < -0.3 is 14.8 Å². The Morgan fingerprint density at radius 3 is 2.43 bits per heavy atom. The van der Waals surface area contributed by atoms with Gasteiger partial charge in [-0.2, -0.15) is 4.72 Å². The number of fused-ring (bicyclic) bond motifs is 1. The fourth-order valence-electron chi connectivity index (χ4n) is 3.83. The van der Waals surface area contributed by atoms with Gasteiger partial charge in [0.2, 0.25) is 15.9 Å². The Labute approximate surface area is 219 Å². The van der Waals surface area contributed by atoms with Gasteiger partial charge in [-0.15, -0.1) is 11.3 Å². The average molecular weight is 539 g/mol. The lowest BCUT2D eigenvalue weighted by molar-refractivity contribution is -0.117. The number of methoxy groups -OCH3 is 2. The summed E-state index contributed by atoms with van der Waals surface area (Å²) < 4.78 is 40.2. The van der Waals surface area contributed by atoms with E-state index in [0.717, 1.165) is 21.2 Å². The van der Waals surface area contributed by atoms with Crippen molar-refractivity contribution in [1.29, 1.82) is 0 Å². The number of carbonyl (C=O) groups is 2. The second kappa shape index (κ2) is 11.1. The number of hydrogen-bond donors (Lipinski definition) is 2. The third-order valence-electron chi connectivity index (χ3n) is 5.68. The Morgan fingerprint density at radius 1 is 0.973 bits per heavy atom. The maximum Gasteiger partial charge on any atom is 0.348 e. The van der Waals surface area contributed by atoms with Gasteiger partial charge in [-0.25, -0.2) is 13.2 Å². The lowest BCUT2D eigenvalue weighted by atomic mass is 10.1. The molecule has 1 unspecified atom stereocenters. The van der Waals surface area contributed by atoms with Crippen molar-refractivity contribution in [3.8, 4) is 5.75 Å². The molecule has 8 nitrogen and oxygen atoms in total. The van der Waals surface area contributed by atoms with Crippen LogP contribution < -0.4 is 14.8 Å². The lowest BCUT2D eigenvalue weighted by Gasteiger charge is -2.20. The number of carbonyl (C=O) groups excluding carboxylic acids is 2. The van der Waals surface area contributed by atoms with E-state index >= 15 is 0 Å². The third-order valence-corrected chi connectivity index (χ3v) is 8.26. The van der Waals surface area contributed by atoms with Crippen LogP contribution in [0.1, 0.15) is 20.8 Å². The zero-order valence-electron chi connectivity index (χ0n) is 20.5. The molecule has 10 heteroatoms. The van der Waals surface area contributed by atoms with E-state index < -0.39 is 27.9 Å². The minimum Gasteiger partial charge on any atom is -0.495 e. The normalized spacial score (nSPS) is 12.2. The minimum atomic E-state index is -4.11. The van der Waals surface area contributed by atoms with Crippen LogP contribution >= 0.6 is 11.3 Å². The minimum absolute atomic E-state index is 0.0455. The number of rotatable bonds is 9. The van der Waals surface area contributed by atoms with Crippen molar-refractivity contribution in [3.63, 3.8) is 0 Å². The molecule has 0 spiro atoms. The van der Waals surface area contributed by atoms with Crippen LogP contribution in [0, 0.1) is 6.92 Å². The van der Waals surface area contributed by atoms with Crippen molar-refractivity contribution in [2.45, 2.75) is 24.3 Å². The molecule has 0 aliphatic rings. The molecule has 0 aliphatic carbocycles. The quantitative estimate of drug-likeness (QED) is 0.303. The van der Waals surface area contributed by atoms with Crippen molar-refractivity contribution in [3.05, 3.63) is 88.8 Å². The van der Waals surface area contributed by atoms with Gasteiger partial charge in [0, 0.05) is 10.4 Å². The summed E-state index contributed by atoms with van der Waals surface area (Å²) in [7, 11) is -1.40. The Hall–Kier alpha value is -3.73. The van der Waals surface area contributed by atoms with Crippen LogP contribution in [0.3, 0.4) is 0 Å². The summed E-state index contributed by atoms with van der Waals surface area (Å²) in [5, 5.41) is 3.57. The molecule has 4 aromatic rings. The number of ether oxygens (including phenoxy) is 2. The average Bonchev–Trinajstić information content (AvgIpc) is 3.32. The molecule has 0 aliphatic heterocycles. The summed E-state index contributed by atoms with van der Waals surface area (Å²) in [5.74, 6) is -0.779. The van der Waals surface area contributed by atoms with E-state index in [2.05, 4.69) is 10.0 Å². The number of anilines is 1. The summed E-state index contributed by atoms with van der Waals surface area (Å²) in [4.78, 5) is 25.7. The van der Waals surface area contributed by atoms with Gasteiger partial charge in [0.25, 0.3) is 0 Å². The SMILES string of the molecule is COC(=O)c1cc2cc(NC(=O)C(Cc3ccccc3)NS(=O)(=O)c3cc(C)ccc3OC)ccc2s1. The molecule has 0 saturated carbocycles. The molecule has 4 rings (SSSR count). The van der Waals surface area contributed by atoms with Gasteiger partial charge in [0.15, 0.2) is 0 Å². The molecule has 0 fully saturated rings. The molecule has 2 N–H and O–H groups in total. The lowest BCUT2D eigenvalue weighted by Crippen LogP contribution is -2.45. The van der Waals surface area contributed by atoms with Gasteiger partial charge in [0.1, 0.15) is 21.6 Å². The molecule has 0 saturated heterocycles. The van der Waals surface area contributed by atoms with E-state index in [1.807, 2.05) is 30.3 Å². The monoisotopic (exact) mass is 538 g/mol. The number of sulfonamides is 1. The van der Waals surface area contributed by atoms with Gasteiger partial charge >= 0.3 is 5.97 Å². The second-order valence-corrected chi connectivity index (χ2v) is 11.1. The van der Waals surface area contributed by atoms with Crippen LogP contribution in [0.2, 0.25) is 0 Å². The van der Waals surface area contributed by atoms with Crippen LogP contribution in [0.15, 0.2) is 77.7 Å². The molecule has 37 heavy (non-hydrogen) atoms. The van der Waals surface area contributed by atoms with Gasteiger partial charge in [0.05, 0.1) is 14.2 Å². The molecule has 1 amide bonds. The summed E-state index contributed by atoms with van der Waals surface area (Å²) in [6.45, 7) is 1.78. The first kappa shape index (κ1) is 26.3. The fourth-order valence-corrected chi connectivity index (χ4v) is 6.24. The van der Waals surface area contributed by atoms with Crippen molar-refractivity contribution < 1.29 is 27.5 Å². The predicted molar refractivity (Wildman–Crippen MR) is 144 cm³/mol. The van der Waals surface area contributed by atoms with Crippen LogP contribution in [0.4, 0.5) is 5.69 Å². The summed E-state index contributed by atoms with van der Waals surface area (Å²) >= 11 is 1.28. The van der Waals surface area contributed by atoms with Gasteiger partial charge in [-0.05, 0) is 66.3 Å². The first-order valence-electron chi connectivity index (χ1n) is 11.3. The first-order chi connectivity index (χ1) is 17.7. The fraction of sp³-hybridized carbons (Fsp3) is 0.185. The summed E-state index contributed by atoms with van der Waals surface area (Å²) in [6.07, 6.45) is 0.132. The largest absolute Gasteiger partial charge is 0.495 e. The van der Waals surface area contributed by atoms with Crippen molar-refractivity contribution >= 4 is 49.0 Å². The predicted octanol–water partition coefficient (Wildman–Crippen LogP) is 4.53. The highest BCUT2D eigenvalue weighted by Crippen LogP contribution is 2.29. The van der Waals surface area contributed by atoms with Gasteiger partial charge in [-0.3, -0.25) is 4.79 Å². The molecule has 1 heterocycles. The van der Waals surface area contributed by atoms with E-state index in [0.29, 0.717) is 10.6 Å². The van der Waals surface area contributed by atoms with E-state index in [9.17, 15) is 18.0 Å². The van der Waals surface area contributed by atoms with E-state index in [1.165, 1.54) is 31.6 Å². The number of thiophene rings is 1. The maximum atomic E-state index is 13.4. The number of aryl methyl sites for hydroxylation is 1. The Kier molecular flexibility index (Phi) is 7.91. The number of hydrogen-bond acceptors (Lipinski definition) is 7. The van der Waals surface area contributed by atoms with Crippen LogP contribution in [-0.4, -0.2) is 40.6 Å². The van der Waals surface area contributed by atoms with E-state index in [1.54, 1.807) is 43.3 Å². The highest BCUT2D eigenvalue weighted by Gasteiger charge is 2.28. The number of esters is 1. The van der Waals surface area contributed by atoms with Crippen LogP contribution in [0.5, 0.6) is 5.75 Å². The molecule has 1 aromatic heterocycles. The van der Waals surface area contributed by atoms with Crippen molar-refractivity contribution in [2.24, 2.45) is 0 Å². The molecule has 3 aromatic carbocycles. The first-order valence-corrected chi connectivity index (χ1v) is 13.6. The van der Waals surface area contributed by atoms with Crippen molar-refractivity contribution in [1.82, 2.24) is 4.72 Å². The smallest absolute Gasteiger partial charge is 0.348 e. The topological polar surface area (TPSA) is 111 Å². The Morgan fingerprint density at radius 2 is 1.73 bits per heavy atom. The van der Waals surface area contributed by atoms with E-state index in [4.69, 9.17) is 9.47 Å². The molecule has 1 atom stereocenters. The van der Waals surface area contributed by atoms with E-state index in [-0.39, 0.29) is 17.1 Å². The highest BCUT2D eigenvalue weighted by molar-refractivity contribution is 7.89. The second-order valence-electron chi connectivity index (χ2n) is 8.36. The standard InChI is InChI=1S/C27H26N2O6S2/c1-17-9-11-22(34-2)25(13-17)37(32,33)29-21(14-18-7-5-4-6-8-18)26(30)28-20-10-12-23-19(15-20)16-24(36-23)27(31)35-3/h4-13,15-16,21,29H,14H2,1-3H3,(H,28,30). The third kappa shape index (κ3) is 6.16. The number of nitrogens with one attached hydrogen (secondary N) is 2. The number of benzene rings is 3. The number of amides is 1. The summed E-state index contributed by atoms with van der Waals surface area (Å²) in [6, 6.07) is 19.8. The van der Waals surface area contributed by atoms with Crippen LogP contribution in [0.25, 0.3) is 10.1 Å². The molecular weight excluding hydrogens is 512 g/mol. The molecular formula is C27H26N2O6S2. The highest BCUT2D eigenvalue weighted by atomic mass is 32.2. The maximum absolute atomic E-state index is 13.4. The summed E-state index contributed by atoms with van der Waals surface area (Å²) in [5.41, 5.74) is 2.00. The molecule has 0 bridgehead atoms. The zero-order chi connectivity index (χ0) is 26.6. The Balaban J connectivity index is 1.63. The molecule has 192 valence electrons. The zero-order valence-corrected chi connectivity index (χ0v) is 22.1. The van der Waals surface area contributed by atoms with Crippen molar-refractivity contribution in [2.75, 3.05) is 19.5 Å². The molecule has 0 radical (unpaired) electrons. The van der Waals surface area contributed by atoms with Crippen LogP contribution in [-0.2, 0) is 26.0 Å².